The van der Waals surface area contributed by atoms with Crippen molar-refractivity contribution < 1.29 is 9.53 Å². The van der Waals surface area contributed by atoms with Gasteiger partial charge in [0.1, 0.15) is 5.15 Å². The van der Waals surface area contributed by atoms with Gasteiger partial charge < -0.3 is 15.4 Å². The third-order valence-electron chi connectivity index (χ3n) is 2.98. The van der Waals surface area contributed by atoms with Crippen LogP contribution in [0, 0.1) is 0 Å². The third-order valence-corrected chi connectivity index (χ3v) is 3.20. The summed E-state index contributed by atoms with van der Waals surface area (Å²) in [5, 5.41) is 6.44. The van der Waals surface area contributed by atoms with Crippen LogP contribution in [0.25, 0.3) is 0 Å². The summed E-state index contributed by atoms with van der Waals surface area (Å²) in [5.41, 5.74) is 0.649. The molecule has 0 spiro atoms. The quantitative estimate of drug-likeness (QED) is 0.810. The number of rotatable bonds is 5. The number of anilines is 1. The van der Waals surface area contributed by atoms with Gasteiger partial charge in [0, 0.05) is 0 Å². The van der Waals surface area contributed by atoms with E-state index in [0.717, 1.165) is 25.9 Å². The first kappa shape index (κ1) is 14.2. The summed E-state index contributed by atoms with van der Waals surface area (Å²) in [5.74, 6) is -0.0712. The van der Waals surface area contributed by atoms with Crippen molar-refractivity contribution >= 4 is 23.2 Å². The molecule has 2 N–H and O–H groups in total. The second kappa shape index (κ2) is 7.43. The monoisotopic (exact) mass is 283 g/mol. The highest BCUT2D eigenvalue weighted by molar-refractivity contribution is 6.29. The van der Waals surface area contributed by atoms with Crippen molar-refractivity contribution in [3.05, 3.63) is 23.5 Å². The van der Waals surface area contributed by atoms with Gasteiger partial charge in [-0.15, -0.1) is 0 Å². The average molecular weight is 284 g/mol. The Hall–Kier alpha value is -1.17. The van der Waals surface area contributed by atoms with Gasteiger partial charge >= 0.3 is 0 Å². The number of aromatic nitrogens is 1. The molecule has 0 unspecified atom stereocenters. The molecule has 0 aliphatic carbocycles. The van der Waals surface area contributed by atoms with Gasteiger partial charge in [-0.25, -0.2) is 4.98 Å². The molecule has 0 aromatic carbocycles. The molecule has 1 aromatic rings. The Morgan fingerprint density at radius 3 is 2.95 bits per heavy atom. The van der Waals surface area contributed by atoms with E-state index >= 15 is 0 Å². The van der Waals surface area contributed by atoms with Gasteiger partial charge in [0.2, 0.25) is 5.91 Å². The second-order valence-corrected chi connectivity index (χ2v) is 4.88. The van der Waals surface area contributed by atoms with E-state index in [2.05, 4.69) is 15.6 Å². The number of hydrogen-bond donors (Lipinski definition) is 2. The predicted molar refractivity (Wildman–Crippen MR) is 74.3 cm³/mol. The van der Waals surface area contributed by atoms with Crippen LogP contribution < -0.4 is 10.6 Å². The Morgan fingerprint density at radius 2 is 2.26 bits per heavy atom. The van der Waals surface area contributed by atoms with Crippen LogP contribution in [-0.2, 0) is 9.53 Å². The molecule has 2 rings (SSSR count). The highest BCUT2D eigenvalue weighted by Gasteiger charge is 2.13. The number of carbonyl (C=O) groups excluding carboxylic acids is 1. The number of ether oxygens (including phenoxy) is 1. The summed E-state index contributed by atoms with van der Waals surface area (Å²) in [4.78, 5) is 15.6. The van der Waals surface area contributed by atoms with E-state index in [1.165, 1.54) is 6.20 Å². The summed E-state index contributed by atoms with van der Waals surface area (Å²) >= 11 is 5.67. The molecular formula is C13H18ClN3O2. The fourth-order valence-corrected chi connectivity index (χ4v) is 2.07. The molecule has 1 aliphatic heterocycles. The van der Waals surface area contributed by atoms with Gasteiger partial charge in [0.15, 0.2) is 0 Å². The molecule has 19 heavy (non-hydrogen) atoms. The number of halogens is 1. The maximum absolute atomic E-state index is 11.7. The Balaban J connectivity index is 1.65. The van der Waals surface area contributed by atoms with Crippen molar-refractivity contribution in [1.82, 2.24) is 10.3 Å². The number of pyridine rings is 1. The molecule has 1 amide bonds. The van der Waals surface area contributed by atoms with E-state index in [0.29, 0.717) is 23.9 Å². The van der Waals surface area contributed by atoms with Gasteiger partial charge in [-0.05, 0) is 38.1 Å². The van der Waals surface area contributed by atoms with Gasteiger partial charge in [0.05, 0.1) is 31.0 Å². The summed E-state index contributed by atoms with van der Waals surface area (Å²) in [7, 11) is 0. The van der Waals surface area contributed by atoms with Crippen molar-refractivity contribution in [3.8, 4) is 0 Å². The molecule has 0 radical (unpaired) electrons. The molecule has 1 aromatic heterocycles. The maximum atomic E-state index is 11.7. The molecule has 0 atom stereocenters. The van der Waals surface area contributed by atoms with Gasteiger partial charge in [-0.1, -0.05) is 11.6 Å². The average Bonchev–Trinajstić information content (AvgIpc) is 2.43. The van der Waals surface area contributed by atoms with E-state index in [9.17, 15) is 4.79 Å². The fraction of sp³-hybridized carbons (Fsp3) is 0.538. The fourth-order valence-electron chi connectivity index (χ4n) is 1.95. The first-order valence-electron chi connectivity index (χ1n) is 6.48. The number of nitrogens with one attached hydrogen (secondary N) is 2. The standard InChI is InChI=1S/C13H18ClN3O2/c14-12-2-1-10(9-16-12)17-13(18)5-8-19-11-3-6-15-7-4-11/h1-2,9,11,15H,3-8H2,(H,17,18). The smallest absolute Gasteiger partial charge is 0.226 e. The van der Waals surface area contributed by atoms with E-state index in [4.69, 9.17) is 16.3 Å². The summed E-state index contributed by atoms with van der Waals surface area (Å²) in [6.07, 6.45) is 4.21. The zero-order chi connectivity index (χ0) is 13.5. The van der Waals surface area contributed by atoms with Crippen molar-refractivity contribution in [2.24, 2.45) is 0 Å². The molecule has 0 saturated carbocycles. The van der Waals surface area contributed by atoms with Crippen LogP contribution >= 0.6 is 11.6 Å². The molecular weight excluding hydrogens is 266 g/mol. The van der Waals surface area contributed by atoms with Crippen molar-refractivity contribution in [3.63, 3.8) is 0 Å². The lowest BCUT2D eigenvalue weighted by Gasteiger charge is -2.22. The van der Waals surface area contributed by atoms with E-state index in [1.807, 2.05) is 0 Å². The van der Waals surface area contributed by atoms with Crippen molar-refractivity contribution in [1.29, 1.82) is 0 Å². The van der Waals surface area contributed by atoms with Crippen LogP contribution in [0.1, 0.15) is 19.3 Å². The third kappa shape index (κ3) is 5.14. The first-order valence-corrected chi connectivity index (χ1v) is 6.85. The van der Waals surface area contributed by atoms with E-state index in [-0.39, 0.29) is 12.0 Å². The minimum atomic E-state index is -0.0712. The minimum absolute atomic E-state index is 0.0712. The molecule has 0 bridgehead atoms. The van der Waals surface area contributed by atoms with Gasteiger partial charge in [-0.2, -0.15) is 0 Å². The first-order chi connectivity index (χ1) is 9.24. The normalized spacial score (nSPS) is 16.3. The Morgan fingerprint density at radius 1 is 1.47 bits per heavy atom. The Kier molecular flexibility index (Phi) is 5.57. The van der Waals surface area contributed by atoms with Gasteiger partial charge in [0.25, 0.3) is 0 Å². The molecule has 104 valence electrons. The molecule has 1 fully saturated rings. The highest BCUT2D eigenvalue weighted by atomic mass is 35.5. The van der Waals surface area contributed by atoms with Crippen molar-refractivity contribution in [2.45, 2.75) is 25.4 Å². The predicted octanol–water partition coefficient (Wildman–Crippen LogP) is 1.83. The van der Waals surface area contributed by atoms with E-state index < -0.39 is 0 Å². The maximum Gasteiger partial charge on any atom is 0.226 e. The zero-order valence-electron chi connectivity index (χ0n) is 10.7. The lowest BCUT2D eigenvalue weighted by atomic mass is 10.1. The summed E-state index contributed by atoms with van der Waals surface area (Å²) < 4.78 is 5.67. The zero-order valence-corrected chi connectivity index (χ0v) is 11.4. The summed E-state index contributed by atoms with van der Waals surface area (Å²) in [6, 6.07) is 3.36. The van der Waals surface area contributed by atoms with Crippen molar-refractivity contribution in [2.75, 3.05) is 25.0 Å². The van der Waals surface area contributed by atoms with Crippen LogP contribution in [0.4, 0.5) is 5.69 Å². The van der Waals surface area contributed by atoms with Gasteiger partial charge in [-0.3, -0.25) is 4.79 Å². The summed E-state index contributed by atoms with van der Waals surface area (Å²) in [6.45, 7) is 2.44. The topological polar surface area (TPSA) is 63.2 Å². The van der Waals surface area contributed by atoms with Crippen LogP contribution in [0.15, 0.2) is 18.3 Å². The highest BCUT2D eigenvalue weighted by Crippen LogP contribution is 2.11. The van der Waals surface area contributed by atoms with Crippen LogP contribution in [0.3, 0.4) is 0 Å². The number of carbonyl (C=O) groups is 1. The lowest BCUT2D eigenvalue weighted by molar-refractivity contribution is -0.117. The molecule has 6 heteroatoms. The van der Waals surface area contributed by atoms with E-state index in [1.54, 1.807) is 12.1 Å². The number of hydrogen-bond acceptors (Lipinski definition) is 4. The number of piperidine rings is 1. The minimum Gasteiger partial charge on any atom is -0.378 e. The molecule has 1 saturated heterocycles. The largest absolute Gasteiger partial charge is 0.378 e. The molecule has 1 aliphatic rings. The molecule has 5 nitrogen and oxygen atoms in total. The second-order valence-electron chi connectivity index (χ2n) is 4.49. The van der Waals surface area contributed by atoms with Crippen LogP contribution in [0.2, 0.25) is 5.15 Å². The number of amides is 1. The SMILES string of the molecule is O=C(CCOC1CCNCC1)Nc1ccc(Cl)nc1. The van der Waals surface area contributed by atoms with Crippen LogP contribution in [0.5, 0.6) is 0 Å². The Bertz CT molecular complexity index is 405. The molecule has 2 heterocycles. The lowest BCUT2D eigenvalue weighted by Crippen LogP contribution is -2.33. The van der Waals surface area contributed by atoms with Crippen LogP contribution in [-0.4, -0.2) is 36.7 Å². The Labute approximate surface area is 117 Å². The number of nitrogens with zero attached hydrogens (tertiary/aromatic N) is 1.